The van der Waals surface area contributed by atoms with Crippen LogP contribution in [0.5, 0.6) is 0 Å². The summed E-state index contributed by atoms with van der Waals surface area (Å²) in [6.07, 6.45) is 0. The van der Waals surface area contributed by atoms with E-state index in [0.29, 0.717) is 10.9 Å². The van der Waals surface area contributed by atoms with Crippen LogP contribution in [-0.2, 0) is 0 Å². The number of carbonyl (C=O) groups is 1. The second-order valence-electron chi connectivity index (χ2n) is 4.24. The first-order valence-electron chi connectivity index (χ1n) is 6.10. The molecule has 1 aromatic heterocycles. The van der Waals surface area contributed by atoms with Crippen molar-refractivity contribution >= 4 is 28.6 Å². The molecular weight excluding hydrogens is 270 g/mol. The van der Waals surface area contributed by atoms with E-state index in [0.717, 1.165) is 9.92 Å². The van der Waals surface area contributed by atoms with Crippen molar-refractivity contribution in [2.75, 3.05) is 0 Å². The average Bonchev–Trinajstić information content (AvgIpc) is 2.47. The molecule has 0 saturated heterocycles. The molecule has 0 spiro atoms. The van der Waals surface area contributed by atoms with Gasteiger partial charge in [0.1, 0.15) is 5.03 Å². The highest BCUT2D eigenvalue weighted by atomic mass is 32.2. The van der Waals surface area contributed by atoms with Gasteiger partial charge < -0.3 is 5.11 Å². The summed E-state index contributed by atoms with van der Waals surface area (Å²) in [5.74, 6) is -0.930. The highest BCUT2D eigenvalue weighted by molar-refractivity contribution is 7.99. The smallest absolute Gasteiger partial charge is 0.336 e. The van der Waals surface area contributed by atoms with Crippen LogP contribution in [0.3, 0.4) is 0 Å². The highest BCUT2D eigenvalue weighted by Crippen LogP contribution is 2.28. The summed E-state index contributed by atoms with van der Waals surface area (Å²) in [7, 11) is 0. The number of hydrogen-bond donors (Lipinski definition) is 1. The third kappa shape index (κ3) is 2.51. The standard InChI is InChI=1S/C16H11NO2S/c18-16(19)13-7-4-8-14-12(13)9-10-15(17-14)20-11-5-2-1-3-6-11/h1-10H,(H,18,19). The zero-order chi connectivity index (χ0) is 13.9. The summed E-state index contributed by atoms with van der Waals surface area (Å²) in [5.41, 5.74) is 0.983. The number of aromatic carboxylic acids is 1. The second kappa shape index (κ2) is 5.35. The van der Waals surface area contributed by atoms with Gasteiger partial charge in [0.2, 0.25) is 0 Å². The molecular formula is C16H11NO2S. The van der Waals surface area contributed by atoms with Crippen molar-refractivity contribution < 1.29 is 9.90 Å². The van der Waals surface area contributed by atoms with Crippen LogP contribution >= 0.6 is 11.8 Å². The van der Waals surface area contributed by atoms with Crippen LogP contribution < -0.4 is 0 Å². The molecule has 20 heavy (non-hydrogen) atoms. The molecule has 0 fully saturated rings. The van der Waals surface area contributed by atoms with Crippen molar-refractivity contribution in [2.24, 2.45) is 0 Å². The lowest BCUT2D eigenvalue weighted by Crippen LogP contribution is -1.97. The van der Waals surface area contributed by atoms with Gasteiger partial charge in [0.15, 0.2) is 0 Å². The molecule has 2 aromatic carbocycles. The first-order valence-corrected chi connectivity index (χ1v) is 6.92. The fourth-order valence-corrected chi connectivity index (χ4v) is 2.80. The molecule has 3 nitrogen and oxygen atoms in total. The Morgan fingerprint density at radius 1 is 0.950 bits per heavy atom. The summed E-state index contributed by atoms with van der Waals surface area (Å²) >= 11 is 1.56. The summed E-state index contributed by atoms with van der Waals surface area (Å²) in [6.45, 7) is 0. The number of benzene rings is 2. The zero-order valence-electron chi connectivity index (χ0n) is 10.5. The largest absolute Gasteiger partial charge is 0.478 e. The van der Waals surface area contributed by atoms with E-state index in [1.54, 1.807) is 23.9 Å². The van der Waals surface area contributed by atoms with Gasteiger partial charge in [-0.3, -0.25) is 0 Å². The average molecular weight is 281 g/mol. The van der Waals surface area contributed by atoms with Gasteiger partial charge in [-0.05, 0) is 36.4 Å². The molecule has 0 aliphatic carbocycles. The Bertz CT molecular complexity index is 772. The molecule has 98 valence electrons. The van der Waals surface area contributed by atoms with E-state index in [9.17, 15) is 4.79 Å². The minimum atomic E-state index is -0.930. The lowest BCUT2D eigenvalue weighted by Gasteiger charge is -2.05. The Hall–Kier alpha value is -2.33. The third-order valence-electron chi connectivity index (χ3n) is 2.90. The van der Waals surface area contributed by atoms with Crippen LogP contribution in [-0.4, -0.2) is 16.1 Å². The predicted octanol–water partition coefficient (Wildman–Crippen LogP) is 4.08. The molecule has 0 unspecified atom stereocenters. The molecule has 0 atom stereocenters. The Labute approximate surface area is 120 Å². The van der Waals surface area contributed by atoms with Crippen molar-refractivity contribution in [3.63, 3.8) is 0 Å². The Morgan fingerprint density at radius 2 is 1.75 bits per heavy atom. The maximum Gasteiger partial charge on any atom is 0.336 e. The van der Waals surface area contributed by atoms with Crippen LogP contribution in [0.4, 0.5) is 0 Å². The van der Waals surface area contributed by atoms with Gasteiger partial charge in [-0.25, -0.2) is 9.78 Å². The van der Waals surface area contributed by atoms with Crippen LogP contribution in [0.1, 0.15) is 10.4 Å². The Morgan fingerprint density at radius 3 is 2.50 bits per heavy atom. The maximum atomic E-state index is 11.2. The van der Waals surface area contributed by atoms with Crippen molar-refractivity contribution in [1.82, 2.24) is 4.98 Å². The van der Waals surface area contributed by atoms with Gasteiger partial charge >= 0.3 is 5.97 Å². The van der Waals surface area contributed by atoms with Crippen LogP contribution in [0.25, 0.3) is 10.9 Å². The number of rotatable bonds is 3. The second-order valence-corrected chi connectivity index (χ2v) is 5.34. The summed E-state index contributed by atoms with van der Waals surface area (Å²) in [6, 6.07) is 18.8. The van der Waals surface area contributed by atoms with Gasteiger partial charge in [0.25, 0.3) is 0 Å². The number of carboxylic acid groups (broad SMARTS) is 1. The minimum absolute atomic E-state index is 0.284. The first-order chi connectivity index (χ1) is 9.74. The molecule has 1 heterocycles. The lowest BCUT2D eigenvalue weighted by atomic mass is 10.1. The fourth-order valence-electron chi connectivity index (χ4n) is 1.99. The van der Waals surface area contributed by atoms with E-state index in [4.69, 9.17) is 5.11 Å². The molecule has 0 aliphatic heterocycles. The van der Waals surface area contributed by atoms with Crippen LogP contribution in [0, 0.1) is 0 Å². The Balaban J connectivity index is 2.01. The minimum Gasteiger partial charge on any atom is -0.478 e. The fraction of sp³-hybridized carbons (Fsp3) is 0. The molecule has 0 aliphatic rings. The molecule has 0 amide bonds. The molecule has 3 rings (SSSR count). The maximum absolute atomic E-state index is 11.2. The number of carboxylic acids is 1. The number of hydrogen-bond acceptors (Lipinski definition) is 3. The van der Waals surface area contributed by atoms with Gasteiger partial charge in [-0.1, -0.05) is 36.0 Å². The molecule has 3 aromatic rings. The summed E-state index contributed by atoms with van der Waals surface area (Å²) in [5, 5.41) is 10.7. The van der Waals surface area contributed by atoms with Crippen LogP contribution in [0.15, 0.2) is 70.6 Å². The van der Waals surface area contributed by atoms with Gasteiger partial charge in [-0.2, -0.15) is 0 Å². The normalized spacial score (nSPS) is 10.6. The van der Waals surface area contributed by atoms with Crippen LogP contribution in [0.2, 0.25) is 0 Å². The number of aromatic nitrogens is 1. The van der Waals surface area contributed by atoms with Gasteiger partial charge in [-0.15, -0.1) is 0 Å². The van der Waals surface area contributed by atoms with Crippen molar-refractivity contribution in [3.05, 3.63) is 66.2 Å². The third-order valence-corrected chi connectivity index (χ3v) is 3.85. The predicted molar refractivity (Wildman–Crippen MR) is 79.3 cm³/mol. The number of pyridine rings is 1. The van der Waals surface area contributed by atoms with Crippen molar-refractivity contribution in [2.45, 2.75) is 9.92 Å². The van der Waals surface area contributed by atoms with E-state index in [2.05, 4.69) is 4.98 Å². The molecule has 0 radical (unpaired) electrons. The summed E-state index contributed by atoms with van der Waals surface area (Å²) < 4.78 is 0. The number of fused-ring (bicyclic) bond motifs is 1. The summed E-state index contributed by atoms with van der Waals surface area (Å²) in [4.78, 5) is 16.8. The molecule has 0 saturated carbocycles. The van der Waals surface area contributed by atoms with Crippen molar-refractivity contribution in [1.29, 1.82) is 0 Å². The van der Waals surface area contributed by atoms with E-state index < -0.39 is 5.97 Å². The SMILES string of the molecule is O=C(O)c1cccc2nc(Sc3ccccc3)ccc12. The Kier molecular flexibility index (Phi) is 3.39. The monoisotopic (exact) mass is 281 g/mol. The number of nitrogens with zero attached hydrogens (tertiary/aromatic N) is 1. The first kappa shape index (κ1) is 12.7. The quantitative estimate of drug-likeness (QED) is 0.785. The molecule has 4 heteroatoms. The van der Waals surface area contributed by atoms with Gasteiger partial charge in [0.05, 0.1) is 11.1 Å². The van der Waals surface area contributed by atoms with E-state index in [-0.39, 0.29) is 5.56 Å². The van der Waals surface area contributed by atoms with E-state index in [1.807, 2.05) is 48.5 Å². The highest BCUT2D eigenvalue weighted by Gasteiger charge is 2.09. The van der Waals surface area contributed by atoms with Crippen molar-refractivity contribution in [3.8, 4) is 0 Å². The topological polar surface area (TPSA) is 50.2 Å². The lowest BCUT2D eigenvalue weighted by molar-refractivity contribution is 0.0699. The van der Waals surface area contributed by atoms with Gasteiger partial charge in [0, 0.05) is 10.3 Å². The molecule has 1 N–H and O–H groups in total. The van der Waals surface area contributed by atoms with E-state index in [1.165, 1.54) is 0 Å². The van der Waals surface area contributed by atoms with E-state index >= 15 is 0 Å². The zero-order valence-corrected chi connectivity index (χ0v) is 11.3. The molecule has 0 bridgehead atoms.